The molecule has 0 fully saturated rings. The third-order valence-electron chi connectivity index (χ3n) is 2.95. The number of carbonyl (C=O) groups is 1. The monoisotopic (exact) mass is 273 g/mol. The molecule has 106 valence electrons. The smallest absolute Gasteiger partial charge is 0.244 e. The van der Waals surface area contributed by atoms with Gasteiger partial charge in [0.25, 0.3) is 0 Å². The van der Waals surface area contributed by atoms with E-state index in [4.69, 9.17) is 0 Å². The molecule has 1 amide bonds. The summed E-state index contributed by atoms with van der Waals surface area (Å²) in [4.78, 5) is 11.7. The van der Waals surface area contributed by atoms with Gasteiger partial charge in [-0.2, -0.15) is 10.2 Å². The number of amides is 1. The Kier molecular flexibility index (Phi) is 4.34. The Hall–Kier alpha value is -2.37. The number of nitrogens with zero attached hydrogens (tertiary/aromatic N) is 4. The summed E-state index contributed by atoms with van der Waals surface area (Å²) in [5.74, 6) is -0.131. The first-order valence-electron chi connectivity index (χ1n) is 6.56. The second-order valence-electron chi connectivity index (χ2n) is 4.58. The molecule has 0 aromatic carbocycles. The molecule has 20 heavy (non-hydrogen) atoms. The van der Waals surface area contributed by atoms with Crippen molar-refractivity contribution in [3.8, 4) is 0 Å². The minimum atomic E-state index is -0.131. The molecule has 6 heteroatoms. The highest BCUT2D eigenvalue weighted by atomic mass is 16.1. The second kappa shape index (κ2) is 6.18. The molecule has 0 aliphatic rings. The molecule has 2 heterocycles. The van der Waals surface area contributed by atoms with Crippen molar-refractivity contribution in [2.45, 2.75) is 26.9 Å². The number of carbonyl (C=O) groups excluding carboxylic acids is 1. The normalized spacial score (nSPS) is 11.2. The van der Waals surface area contributed by atoms with E-state index in [1.54, 1.807) is 17.0 Å². The van der Waals surface area contributed by atoms with Gasteiger partial charge in [0.2, 0.25) is 5.91 Å². The summed E-state index contributed by atoms with van der Waals surface area (Å²) in [5, 5.41) is 11.2. The van der Waals surface area contributed by atoms with Gasteiger partial charge >= 0.3 is 0 Å². The van der Waals surface area contributed by atoms with Crippen LogP contribution < -0.4 is 5.32 Å². The molecule has 0 saturated heterocycles. The zero-order chi connectivity index (χ0) is 14.5. The molecular weight excluding hydrogens is 254 g/mol. The molecule has 6 nitrogen and oxygen atoms in total. The van der Waals surface area contributed by atoms with Crippen molar-refractivity contribution in [2.75, 3.05) is 0 Å². The molecule has 0 radical (unpaired) electrons. The maximum Gasteiger partial charge on any atom is 0.244 e. The van der Waals surface area contributed by atoms with Crippen molar-refractivity contribution in [3.05, 3.63) is 41.5 Å². The lowest BCUT2D eigenvalue weighted by Gasteiger charge is -2.02. The predicted molar refractivity (Wildman–Crippen MR) is 76.7 cm³/mol. The average Bonchev–Trinajstić information content (AvgIpc) is 3.00. The summed E-state index contributed by atoms with van der Waals surface area (Å²) in [6, 6.07) is 1.95. The van der Waals surface area contributed by atoms with Crippen LogP contribution in [-0.2, 0) is 24.9 Å². The van der Waals surface area contributed by atoms with Gasteiger partial charge in [-0.3, -0.25) is 14.2 Å². The summed E-state index contributed by atoms with van der Waals surface area (Å²) in [5.41, 5.74) is 2.83. The van der Waals surface area contributed by atoms with Gasteiger partial charge in [0.05, 0.1) is 24.1 Å². The van der Waals surface area contributed by atoms with E-state index >= 15 is 0 Å². The Morgan fingerprint density at radius 3 is 2.90 bits per heavy atom. The number of hydrogen-bond donors (Lipinski definition) is 1. The first-order chi connectivity index (χ1) is 9.58. The zero-order valence-corrected chi connectivity index (χ0v) is 12.0. The van der Waals surface area contributed by atoms with Crippen LogP contribution in [0.15, 0.2) is 24.5 Å². The summed E-state index contributed by atoms with van der Waals surface area (Å²) in [6.07, 6.45) is 6.90. The molecule has 0 bridgehead atoms. The fraction of sp³-hybridized carbons (Fsp3) is 0.357. The van der Waals surface area contributed by atoms with Crippen molar-refractivity contribution < 1.29 is 4.79 Å². The first-order valence-corrected chi connectivity index (χ1v) is 6.56. The summed E-state index contributed by atoms with van der Waals surface area (Å²) < 4.78 is 3.58. The number of aryl methyl sites for hydroxylation is 3. The Morgan fingerprint density at radius 1 is 1.50 bits per heavy atom. The van der Waals surface area contributed by atoms with Crippen molar-refractivity contribution in [1.82, 2.24) is 24.9 Å². The quantitative estimate of drug-likeness (QED) is 0.834. The van der Waals surface area contributed by atoms with E-state index < -0.39 is 0 Å². The van der Waals surface area contributed by atoms with Gasteiger partial charge in [-0.25, -0.2) is 0 Å². The molecule has 2 aromatic rings. The topological polar surface area (TPSA) is 64.7 Å². The number of nitrogens with one attached hydrogen (secondary N) is 1. The molecule has 2 aromatic heterocycles. The molecule has 0 aliphatic carbocycles. The third-order valence-corrected chi connectivity index (χ3v) is 2.95. The maximum atomic E-state index is 11.7. The number of aromatic nitrogens is 4. The van der Waals surface area contributed by atoms with E-state index in [9.17, 15) is 4.79 Å². The van der Waals surface area contributed by atoms with E-state index in [1.165, 1.54) is 6.08 Å². The van der Waals surface area contributed by atoms with Gasteiger partial charge in [0, 0.05) is 31.4 Å². The lowest BCUT2D eigenvalue weighted by Crippen LogP contribution is -2.21. The molecule has 2 rings (SSSR count). The van der Waals surface area contributed by atoms with Crippen LogP contribution in [0.25, 0.3) is 6.08 Å². The molecule has 0 saturated carbocycles. The molecule has 0 spiro atoms. The van der Waals surface area contributed by atoms with Crippen LogP contribution in [-0.4, -0.2) is 25.5 Å². The van der Waals surface area contributed by atoms with Gasteiger partial charge in [0.15, 0.2) is 0 Å². The standard InChI is InChI=1S/C14H19N5O/c1-4-19-10-12(8-16-19)5-6-14(20)15-9-13-7-11(2)17-18(13)3/h5-8,10H,4,9H2,1-3H3,(H,15,20)/b6-5+. The molecule has 0 atom stereocenters. The summed E-state index contributed by atoms with van der Waals surface area (Å²) in [7, 11) is 1.86. The Bertz CT molecular complexity index is 623. The average molecular weight is 273 g/mol. The van der Waals surface area contributed by atoms with Crippen molar-refractivity contribution in [1.29, 1.82) is 0 Å². The van der Waals surface area contributed by atoms with Crippen molar-refractivity contribution in [3.63, 3.8) is 0 Å². The fourth-order valence-electron chi connectivity index (χ4n) is 1.88. The SMILES string of the molecule is CCn1cc(/C=C/C(=O)NCc2cc(C)nn2C)cn1. The van der Waals surface area contributed by atoms with Gasteiger partial charge in [-0.15, -0.1) is 0 Å². The largest absolute Gasteiger partial charge is 0.347 e. The van der Waals surface area contributed by atoms with Crippen LogP contribution >= 0.6 is 0 Å². The van der Waals surface area contributed by atoms with E-state index in [0.717, 1.165) is 23.5 Å². The van der Waals surface area contributed by atoms with Crippen LogP contribution in [0.1, 0.15) is 23.9 Å². The van der Waals surface area contributed by atoms with Crippen molar-refractivity contribution >= 4 is 12.0 Å². The van der Waals surface area contributed by atoms with Gasteiger partial charge in [0.1, 0.15) is 0 Å². The van der Waals surface area contributed by atoms with E-state index in [1.807, 2.05) is 37.8 Å². The third kappa shape index (κ3) is 3.57. The lowest BCUT2D eigenvalue weighted by atomic mass is 10.3. The minimum Gasteiger partial charge on any atom is -0.347 e. The molecule has 0 aliphatic heterocycles. The molecular formula is C14H19N5O. The van der Waals surface area contributed by atoms with Gasteiger partial charge in [-0.05, 0) is 26.0 Å². The number of hydrogen-bond acceptors (Lipinski definition) is 3. The predicted octanol–water partition coefficient (Wildman–Crippen LogP) is 1.27. The van der Waals surface area contributed by atoms with Crippen LogP contribution in [0.2, 0.25) is 0 Å². The van der Waals surface area contributed by atoms with E-state index in [-0.39, 0.29) is 5.91 Å². The number of rotatable bonds is 5. The minimum absolute atomic E-state index is 0.131. The Morgan fingerprint density at radius 2 is 2.30 bits per heavy atom. The van der Waals surface area contributed by atoms with Gasteiger partial charge in [-0.1, -0.05) is 0 Å². The Balaban J connectivity index is 1.87. The van der Waals surface area contributed by atoms with Crippen LogP contribution in [0.5, 0.6) is 0 Å². The second-order valence-corrected chi connectivity index (χ2v) is 4.58. The first kappa shape index (κ1) is 14.0. The van der Waals surface area contributed by atoms with E-state index in [0.29, 0.717) is 6.54 Å². The van der Waals surface area contributed by atoms with Crippen LogP contribution in [0, 0.1) is 6.92 Å². The molecule has 1 N–H and O–H groups in total. The van der Waals surface area contributed by atoms with E-state index in [2.05, 4.69) is 15.5 Å². The van der Waals surface area contributed by atoms with Gasteiger partial charge < -0.3 is 5.32 Å². The fourth-order valence-corrected chi connectivity index (χ4v) is 1.88. The highest BCUT2D eigenvalue weighted by molar-refractivity contribution is 5.91. The Labute approximate surface area is 118 Å². The highest BCUT2D eigenvalue weighted by Gasteiger charge is 2.03. The summed E-state index contributed by atoms with van der Waals surface area (Å²) >= 11 is 0. The van der Waals surface area contributed by atoms with Crippen molar-refractivity contribution in [2.24, 2.45) is 7.05 Å². The van der Waals surface area contributed by atoms with Crippen LogP contribution in [0.4, 0.5) is 0 Å². The summed E-state index contributed by atoms with van der Waals surface area (Å²) in [6.45, 7) is 5.23. The maximum absolute atomic E-state index is 11.7. The molecule has 0 unspecified atom stereocenters. The zero-order valence-electron chi connectivity index (χ0n) is 12.0. The highest BCUT2D eigenvalue weighted by Crippen LogP contribution is 2.02. The lowest BCUT2D eigenvalue weighted by molar-refractivity contribution is -0.116. The van der Waals surface area contributed by atoms with Crippen LogP contribution in [0.3, 0.4) is 0 Å².